The first-order chi connectivity index (χ1) is 15.3. The highest BCUT2D eigenvalue weighted by Crippen LogP contribution is 2.45. The van der Waals surface area contributed by atoms with Crippen molar-refractivity contribution in [3.63, 3.8) is 0 Å². The third kappa shape index (κ3) is 7.99. The van der Waals surface area contributed by atoms with Gasteiger partial charge in [0, 0.05) is 5.56 Å². The third-order valence-electron chi connectivity index (χ3n) is 7.50. The van der Waals surface area contributed by atoms with Crippen LogP contribution in [-0.4, -0.2) is 12.2 Å². The van der Waals surface area contributed by atoms with Crippen LogP contribution >= 0.6 is 0 Å². The van der Waals surface area contributed by atoms with Crippen LogP contribution in [0.5, 0.6) is 11.5 Å². The predicted octanol–water partition coefficient (Wildman–Crippen LogP) is 9.43. The lowest BCUT2D eigenvalue weighted by molar-refractivity contribution is 0.0521. The van der Waals surface area contributed by atoms with E-state index in [2.05, 4.69) is 48.5 Å². The van der Waals surface area contributed by atoms with Crippen LogP contribution < -0.4 is 9.47 Å². The third-order valence-corrected chi connectivity index (χ3v) is 7.50. The Hall–Kier alpha value is -1.18. The van der Waals surface area contributed by atoms with Gasteiger partial charge in [-0.2, -0.15) is 0 Å². The van der Waals surface area contributed by atoms with Crippen LogP contribution in [0.2, 0.25) is 0 Å². The van der Waals surface area contributed by atoms with Gasteiger partial charge in [-0.15, -0.1) is 0 Å². The molecular weight excluding hydrogens is 392 g/mol. The molecule has 0 spiro atoms. The number of rotatable bonds is 15. The molecule has 1 aromatic rings. The van der Waals surface area contributed by atoms with Crippen molar-refractivity contribution in [1.29, 1.82) is 0 Å². The van der Waals surface area contributed by atoms with Crippen molar-refractivity contribution in [1.82, 2.24) is 0 Å². The minimum atomic E-state index is -0.0150. The van der Waals surface area contributed by atoms with Gasteiger partial charge in [0.05, 0.1) is 6.61 Å². The summed E-state index contributed by atoms with van der Waals surface area (Å²) in [6.07, 6.45) is 18.4. The maximum atomic E-state index is 6.72. The van der Waals surface area contributed by atoms with E-state index in [0.717, 1.165) is 43.3 Å². The predicted molar refractivity (Wildman–Crippen MR) is 139 cm³/mol. The van der Waals surface area contributed by atoms with E-state index in [1.807, 2.05) is 0 Å². The van der Waals surface area contributed by atoms with Crippen molar-refractivity contribution in [2.75, 3.05) is 6.61 Å². The number of fused-ring (bicyclic) bond motifs is 1. The molecule has 2 nitrogen and oxygen atoms in total. The van der Waals surface area contributed by atoms with Gasteiger partial charge in [-0.05, 0) is 82.4 Å². The molecule has 0 amide bonds. The summed E-state index contributed by atoms with van der Waals surface area (Å²) in [5.74, 6) is 3.11. The van der Waals surface area contributed by atoms with Crippen LogP contribution in [0.4, 0.5) is 0 Å². The van der Waals surface area contributed by atoms with E-state index in [0.29, 0.717) is 0 Å². The molecule has 0 radical (unpaired) electrons. The molecule has 0 fully saturated rings. The van der Waals surface area contributed by atoms with Crippen LogP contribution in [0.25, 0.3) is 0 Å². The van der Waals surface area contributed by atoms with Crippen LogP contribution in [0.1, 0.15) is 133 Å². The lowest BCUT2D eigenvalue weighted by atomic mass is 9.84. The molecule has 2 heteroatoms. The summed E-state index contributed by atoms with van der Waals surface area (Å²) in [5, 5.41) is 0. The molecule has 1 aromatic carbocycles. The van der Waals surface area contributed by atoms with Crippen LogP contribution in [0.3, 0.4) is 0 Å². The van der Waals surface area contributed by atoms with E-state index < -0.39 is 0 Å². The maximum absolute atomic E-state index is 6.72. The van der Waals surface area contributed by atoms with Crippen molar-refractivity contribution in [2.24, 2.45) is 5.92 Å². The van der Waals surface area contributed by atoms with Crippen molar-refractivity contribution >= 4 is 0 Å². The Labute approximate surface area is 199 Å². The molecule has 184 valence electrons. The second-order valence-electron chi connectivity index (χ2n) is 11.0. The molecule has 1 atom stereocenters. The van der Waals surface area contributed by atoms with Gasteiger partial charge in [-0.3, -0.25) is 0 Å². The van der Waals surface area contributed by atoms with Gasteiger partial charge in [0.1, 0.15) is 17.1 Å². The SMILES string of the molecule is CCCOc1c(C)c(C)c2c(c1C)CC[C@@](C)(CCCCCCCCCCCC(C)C)O2. The molecule has 0 unspecified atom stereocenters. The molecule has 2 rings (SSSR count). The molecule has 0 aliphatic carbocycles. The van der Waals surface area contributed by atoms with Gasteiger partial charge in [-0.1, -0.05) is 78.6 Å². The highest BCUT2D eigenvalue weighted by atomic mass is 16.5. The van der Waals surface area contributed by atoms with Gasteiger partial charge in [0.15, 0.2) is 0 Å². The monoisotopic (exact) mass is 444 g/mol. The molecule has 1 aliphatic heterocycles. The zero-order valence-corrected chi connectivity index (χ0v) is 22.5. The highest BCUT2D eigenvalue weighted by molar-refractivity contribution is 5.59. The van der Waals surface area contributed by atoms with Crippen molar-refractivity contribution in [2.45, 2.75) is 144 Å². The van der Waals surface area contributed by atoms with Crippen LogP contribution in [-0.2, 0) is 6.42 Å². The second-order valence-corrected chi connectivity index (χ2v) is 11.0. The number of benzene rings is 1. The topological polar surface area (TPSA) is 18.5 Å². The molecule has 0 aromatic heterocycles. The molecule has 0 saturated heterocycles. The number of hydrogen-bond donors (Lipinski definition) is 0. The van der Waals surface area contributed by atoms with E-state index >= 15 is 0 Å². The van der Waals surface area contributed by atoms with Gasteiger partial charge in [0.25, 0.3) is 0 Å². The van der Waals surface area contributed by atoms with Crippen LogP contribution in [0, 0.1) is 26.7 Å². The quantitative estimate of drug-likeness (QED) is 0.251. The first-order valence-corrected chi connectivity index (χ1v) is 13.7. The average Bonchev–Trinajstić information content (AvgIpc) is 2.75. The van der Waals surface area contributed by atoms with E-state index in [9.17, 15) is 0 Å². The van der Waals surface area contributed by atoms with Gasteiger partial charge < -0.3 is 9.47 Å². The summed E-state index contributed by atoms with van der Waals surface area (Å²) in [7, 11) is 0. The number of ether oxygens (including phenoxy) is 2. The Morgan fingerprint density at radius 3 is 2.03 bits per heavy atom. The summed E-state index contributed by atoms with van der Waals surface area (Å²) in [4.78, 5) is 0. The minimum absolute atomic E-state index is 0.0150. The summed E-state index contributed by atoms with van der Waals surface area (Å²) in [6, 6.07) is 0. The van der Waals surface area contributed by atoms with Gasteiger partial charge in [0.2, 0.25) is 0 Å². The molecule has 0 N–H and O–H groups in total. The molecule has 1 heterocycles. The van der Waals surface area contributed by atoms with Crippen molar-refractivity contribution in [3.8, 4) is 11.5 Å². The minimum Gasteiger partial charge on any atom is -0.493 e. The fourth-order valence-corrected chi connectivity index (χ4v) is 5.17. The average molecular weight is 445 g/mol. The first kappa shape index (κ1) is 27.1. The molecule has 32 heavy (non-hydrogen) atoms. The lowest BCUT2D eigenvalue weighted by Gasteiger charge is -2.38. The molecule has 0 saturated carbocycles. The largest absolute Gasteiger partial charge is 0.493 e. The Kier molecular flexibility index (Phi) is 11.4. The van der Waals surface area contributed by atoms with Gasteiger partial charge >= 0.3 is 0 Å². The Morgan fingerprint density at radius 1 is 0.844 bits per heavy atom. The van der Waals surface area contributed by atoms with E-state index in [1.54, 1.807) is 0 Å². The smallest absolute Gasteiger partial charge is 0.127 e. The Balaban J connectivity index is 1.73. The number of unbranched alkanes of at least 4 members (excludes halogenated alkanes) is 8. The Morgan fingerprint density at radius 2 is 1.44 bits per heavy atom. The molecule has 1 aliphatic rings. The van der Waals surface area contributed by atoms with Crippen molar-refractivity contribution < 1.29 is 9.47 Å². The van der Waals surface area contributed by atoms with Crippen molar-refractivity contribution in [3.05, 3.63) is 22.3 Å². The zero-order valence-electron chi connectivity index (χ0n) is 22.5. The number of hydrogen-bond acceptors (Lipinski definition) is 2. The molecular formula is C30H52O2. The van der Waals surface area contributed by atoms with Gasteiger partial charge in [-0.25, -0.2) is 0 Å². The summed E-state index contributed by atoms with van der Waals surface area (Å²) < 4.78 is 12.8. The van der Waals surface area contributed by atoms with Crippen LogP contribution in [0.15, 0.2) is 0 Å². The second kappa shape index (κ2) is 13.5. The first-order valence-electron chi connectivity index (χ1n) is 13.7. The summed E-state index contributed by atoms with van der Waals surface area (Å²) >= 11 is 0. The molecule has 0 bridgehead atoms. The lowest BCUT2D eigenvalue weighted by Crippen LogP contribution is -2.37. The Bertz CT molecular complexity index is 691. The summed E-state index contributed by atoms with van der Waals surface area (Å²) in [5.41, 5.74) is 5.19. The fourth-order valence-electron chi connectivity index (χ4n) is 5.17. The van der Waals surface area contributed by atoms with E-state index in [1.165, 1.54) is 92.9 Å². The van der Waals surface area contributed by atoms with E-state index in [-0.39, 0.29) is 5.60 Å². The normalized spacial score (nSPS) is 18.0. The highest BCUT2D eigenvalue weighted by Gasteiger charge is 2.34. The fraction of sp³-hybridized carbons (Fsp3) is 0.800. The zero-order chi connectivity index (χ0) is 23.6. The standard InChI is InChI=1S/C30H52O2/c1-8-22-31-28-24(4)25(5)29-27(26(28)6)19-21-30(7,32-29)20-17-15-13-11-9-10-12-14-16-18-23(2)3/h23H,8-22H2,1-7H3/t30-/m1/s1. The summed E-state index contributed by atoms with van der Waals surface area (Å²) in [6.45, 7) is 16.6. The van der Waals surface area contributed by atoms with E-state index in [4.69, 9.17) is 9.47 Å². The maximum Gasteiger partial charge on any atom is 0.127 e.